The Kier molecular flexibility index (Phi) is 6.59. The number of piperidine rings is 1. The molecule has 0 aromatic heterocycles. The number of likely N-dealkylation sites (tertiary alicyclic amines) is 1. The number of aliphatic hydroxyl groups is 3. The van der Waals surface area contributed by atoms with Crippen molar-refractivity contribution in [2.45, 2.75) is 102 Å². The van der Waals surface area contributed by atoms with Gasteiger partial charge in [0.2, 0.25) is 0 Å². The molecule has 4 aliphatic carbocycles. The van der Waals surface area contributed by atoms with E-state index in [4.69, 9.17) is 0 Å². The van der Waals surface area contributed by atoms with Gasteiger partial charge in [0.25, 0.3) is 0 Å². The Morgan fingerprint density at radius 3 is 2.09 bits per heavy atom. The highest BCUT2D eigenvalue weighted by atomic mass is 16.3. The highest BCUT2D eigenvalue weighted by Crippen LogP contribution is 2.66. The largest absolute Gasteiger partial charge is 0.393 e. The van der Waals surface area contributed by atoms with Gasteiger partial charge in [-0.3, -0.25) is 9.80 Å². The SMILES string of the molecule is CN1CCN(C2C[C@H]3[C@@H]4CCC5CC(O)C(N6CCC(O)CC6)C[C@]5(C)[C@@H]4CC[C@]3(C)C2O)CC1. The number of hydrogen-bond donors (Lipinski definition) is 3. The van der Waals surface area contributed by atoms with Crippen LogP contribution in [0.25, 0.3) is 0 Å². The van der Waals surface area contributed by atoms with E-state index in [2.05, 4.69) is 35.6 Å². The molecule has 0 spiro atoms. The van der Waals surface area contributed by atoms with Crippen molar-refractivity contribution in [1.29, 1.82) is 0 Å². The minimum Gasteiger partial charge on any atom is -0.393 e. The molecule has 2 heterocycles. The van der Waals surface area contributed by atoms with Gasteiger partial charge in [0.1, 0.15) is 0 Å². The van der Waals surface area contributed by atoms with Gasteiger partial charge in [-0.1, -0.05) is 13.8 Å². The Bertz CT molecular complexity index is 766. The van der Waals surface area contributed by atoms with E-state index in [1.807, 2.05) is 0 Å². The van der Waals surface area contributed by atoms with Gasteiger partial charge in [-0.15, -0.1) is 0 Å². The molecule has 3 N–H and O–H groups in total. The van der Waals surface area contributed by atoms with Crippen LogP contribution < -0.4 is 0 Å². The second-order valence-electron chi connectivity index (χ2n) is 14.1. The van der Waals surface area contributed by atoms with Gasteiger partial charge in [-0.05, 0) is 99.3 Å². The van der Waals surface area contributed by atoms with Crippen molar-refractivity contribution in [3.05, 3.63) is 0 Å². The van der Waals surface area contributed by atoms with E-state index < -0.39 is 0 Å². The van der Waals surface area contributed by atoms with Crippen molar-refractivity contribution in [2.24, 2.45) is 34.5 Å². The minimum atomic E-state index is -0.219. The standard InChI is InChI=1S/C29H51N3O3/c1-28-9-6-22-21(23(28)17-24(27(28)35)32-14-12-30(3)13-15-32)5-4-19-16-26(34)25(18-29(19,22)2)31-10-7-20(33)8-11-31/h19-27,33-35H,4-18H2,1-3H3/t19?,21-,22-,23+,24?,25?,26?,27?,28+,29+/m1/s1. The highest BCUT2D eigenvalue weighted by Gasteiger charge is 2.63. The van der Waals surface area contributed by atoms with E-state index in [9.17, 15) is 15.3 Å². The lowest BCUT2D eigenvalue weighted by Crippen LogP contribution is -2.60. The Labute approximate surface area is 213 Å². The third-order valence-electron chi connectivity index (χ3n) is 12.6. The van der Waals surface area contributed by atoms with Crippen LogP contribution in [-0.2, 0) is 0 Å². The molecule has 6 nitrogen and oxygen atoms in total. The van der Waals surface area contributed by atoms with Gasteiger partial charge in [0.05, 0.1) is 18.3 Å². The molecule has 0 bridgehead atoms. The molecule has 5 unspecified atom stereocenters. The van der Waals surface area contributed by atoms with Crippen molar-refractivity contribution >= 4 is 0 Å². The average Bonchev–Trinajstić information content (AvgIpc) is 3.11. The fraction of sp³-hybridized carbons (Fsp3) is 1.00. The first-order chi connectivity index (χ1) is 16.7. The molecule has 6 rings (SSSR count). The van der Waals surface area contributed by atoms with Crippen LogP contribution in [0, 0.1) is 34.5 Å². The molecule has 0 aromatic rings. The van der Waals surface area contributed by atoms with Crippen LogP contribution in [0.1, 0.15) is 71.6 Å². The van der Waals surface area contributed by atoms with Crippen LogP contribution in [-0.4, -0.2) is 107 Å². The summed E-state index contributed by atoms with van der Waals surface area (Å²) < 4.78 is 0. The molecule has 6 heteroatoms. The predicted molar refractivity (Wildman–Crippen MR) is 138 cm³/mol. The van der Waals surface area contributed by atoms with Gasteiger partial charge >= 0.3 is 0 Å². The molecule has 200 valence electrons. The Balaban J connectivity index is 1.21. The summed E-state index contributed by atoms with van der Waals surface area (Å²) in [7, 11) is 2.22. The zero-order chi connectivity index (χ0) is 24.5. The van der Waals surface area contributed by atoms with E-state index in [1.54, 1.807) is 0 Å². The molecule has 4 saturated carbocycles. The minimum absolute atomic E-state index is 0.0645. The summed E-state index contributed by atoms with van der Waals surface area (Å²) in [5.41, 5.74) is 0.357. The van der Waals surface area contributed by atoms with Crippen molar-refractivity contribution in [2.75, 3.05) is 46.3 Å². The van der Waals surface area contributed by atoms with Crippen molar-refractivity contribution < 1.29 is 15.3 Å². The second kappa shape index (κ2) is 9.20. The lowest BCUT2D eigenvalue weighted by molar-refractivity contribution is -0.156. The van der Waals surface area contributed by atoms with Gasteiger partial charge < -0.3 is 20.2 Å². The zero-order valence-electron chi connectivity index (χ0n) is 22.5. The van der Waals surface area contributed by atoms with Gasteiger partial charge in [0, 0.05) is 51.4 Å². The molecular formula is C29H51N3O3. The molecule has 10 atom stereocenters. The van der Waals surface area contributed by atoms with Crippen LogP contribution >= 0.6 is 0 Å². The Hall–Kier alpha value is -0.240. The maximum Gasteiger partial charge on any atom is 0.0751 e. The number of fused-ring (bicyclic) bond motifs is 5. The third kappa shape index (κ3) is 4.04. The van der Waals surface area contributed by atoms with Crippen LogP contribution in [0.15, 0.2) is 0 Å². The van der Waals surface area contributed by atoms with E-state index in [0.717, 1.165) is 83.2 Å². The third-order valence-corrected chi connectivity index (χ3v) is 12.6. The van der Waals surface area contributed by atoms with E-state index in [1.165, 1.54) is 25.7 Å². The summed E-state index contributed by atoms with van der Waals surface area (Å²) in [6.45, 7) is 11.3. The smallest absolute Gasteiger partial charge is 0.0751 e. The number of piperazine rings is 1. The lowest BCUT2D eigenvalue weighted by atomic mass is 9.44. The van der Waals surface area contributed by atoms with E-state index in [-0.39, 0.29) is 29.8 Å². The Morgan fingerprint density at radius 2 is 1.37 bits per heavy atom. The summed E-state index contributed by atoms with van der Waals surface area (Å²) in [5, 5.41) is 32.9. The molecule has 2 aliphatic heterocycles. The van der Waals surface area contributed by atoms with Gasteiger partial charge in [-0.25, -0.2) is 0 Å². The van der Waals surface area contributed by atoms with Crippen LogP contribution in [0.2, 0.25) is 0 Å². The maximum atomic E-state index is 11.7. The summed E-state index contributed by atoms with van der Waals surface area (Å²) in [6.07, 6.45) is 9.33. The quantitative estimate of drug-likeness (QED) is 0.554. The highest BCUT2D eigenvalue weighted by molar-refractivity contribution is 5.14. The van der Waals surface area contributed by atoms with Gasteiger partial charge in [0.15, 0.2) is 0 Å². The number of hydrogen-bond acceptors (Lipinski definition) is 6. The monoisotopic (exact) mass is 489 g/mol. The van der Waals surface area contributed by atoms with E-state index in [0.29, 0.717) is 23.3 Å². The molecule has 2 saturated heterocycles. The number of rotatable bonds is 2. The molecule has 0 aromatic carbocycles. The number of nitrogens with zero attached hydrogens (tertiary/aromatic N) is 3. The summed E-state index contributed by atoms with van der Waals surface area (Å²) in [4.78, 5) is 7.55. The first-order valence-corrected chi connectivity index (χ1v) is 14.9. The molecule has 35 heavy (non-hydrogen) atoms. The van der Waals surface area contributed by atoms with Crippen molar-refractivity contribution in [3.63, 3.8) is 0 Å². The van der Waals surface area contributed by atoms with Crippen LogP contribution in [0.3, 0.4) is 0 Å². The average molecular weight is 490 g/mol. The molecule has 0 radical (unpaired) electrons. The fourth-order valence-corrected chi connectivity index (χ4v) is 10.4. The van der Waals surface area contributed by atoms with Crippen LogP contribution in [0.4, 0.5) is 0 Å². The van der Waals surface area contributed by atoms with E-state index >= 15 is 0 Å². The van der Waals surface area contributed by atoms with Crippen LogP contribution in [0.5, 0.6) is 0 Å². The molecule has 0 amide bonds. The van der Waals surface area contributed by atoms with Gasteiger partial charge in [-0.2, -0.15) is 0 Å². The first kappa shape index (κ1) is 25.1. The topological polar surface area (TPSA) is 70.4 Å². The molecule has 6 fully saturated rings. The molecular weight excluding hydrogens is 438 g/mol. The summed E-state index contributed by atoms with van der Waals surface area (Å²) >= 11 is 0. The summed E-state index contributed by atoms with van der Waals surface area (Å²) in [6, 6.07) is 0.590. The zero-order valence-corrected chi connectivity index (χ0v) is 22.5. The number of likely N-dealkylation sites (N-methyl/N-ethyl adjacent to an activating group) is 1. The van der Waals surface area contributed by atoms with Crippen molar-refractivity contribution in [1.82, 2.24) is 14.7 Å². The normalized spacial score (nSPS) is 52.6. The molecule has 6 aliphatic rings. The Morgan fingerprint density at radius 1 is 0.686 bits per heavy atom. The fourth-order valence-electron chi connectivity index (χ4n) is 10.4. The maximum absolute atomic E-state index is 11.7. The number of aliphatic hydroxyl groups excluding tert-OH is 3. The summed E-state index contributed by atoms with van der Waals surface area (Å²) in [5.74, 6) is 2.72. The predicted octanol–water partition coefficient (Wildman–Crippen LogP) is 2.41. The van der Waals surface area contributed by atoms with Crippen molar-refractivity contribution in [3.8, 4) is 0 Å². The first-order valence-electron chi connectivity index (χ1n) is 14.9. The lowest BCUT2D eigenvalue weighted by Gasteiger charge is -2.62. The second-order valence-corrected chi connectivity index (χ2v) is 14.1.